The van der Waals surface area contributed by atoms with Crippen LogP contribution in [0.15, 0.2) is 65.7 Å². The van der Waals surface area contributed by atoms with Gasteiger partial charge < -0.3 is 9.47 Å². The monoisotopic (exact) mass is 383 g/mol. The van der Waals surface area contributed by atoms with Crippen LogP contribution in [0.25, 0.3) is 10.9 Å². The molecule has 27 heavy (non-hydrogen) atoms. The topological polar surface area (TPSA) is 82.6 Å². The number of benzene rings is 2. The second-order valence-electron chi connectivity index (χ2n) is 6.19. The minimum Gasteiger partial charge on any atom is -0.489 e. The van der Waals surface area contributed by atoms with Crippen LogP contribution in [0.4, 0.5) is 0 Å². The van der Waals surface area contributed by atoms with Gasteiger partial charge in [0.2, 0.25) is 0 Å². The quantitative estimate of drug-likeness (QED) is 0.497. The number of sulfone groups is 1. The van der Waals surface area contributed by atoms with E-state index in [1.807, 2.05) is 24.3 Å². The molecule has 1 aliphatic rings. The molecule has 1 aromatic heterocycles. The molecule has 0 radical (unpaired) electrons. The molecule has 0 aliphatic carbocycles. The summed E-state index contributed by atoms with van der Waals surface area (Å²) < 4.78 is 35.8. The summed E-state index contributed by atoms with van der Waals surface area (Å²) in [6, 6.07) is 15.9. The van der Waals surface area contributed by atoms with Crippen molar-refractivity contribution in [2.24, 2.45) is 0 Å². The number of hydrogen-bond donors (Lipinski definition) is 0. The van der Waals surface area contributed by atoms with Crippen molar-refractivity contribution in [3.05, 3.63) is 66.4 Å². The predicted molar refractivity (Wildman–Crippen MR) is 99.3 cm³/mol. The van der Waals surface area contributed by atoms with Crippen molar-refractivity contribution >= 4 is 26.7 Å². The van der Waals surface area contributed by atoms with E-state index < -0.39 is 21.1 Å². The number of aromatic nitrogens is 1. The third-order valence-electron chi connectivity index (χ3n) is 4.52. The molecule has 0 fully saturated rings. The van der Waals surface area contributed by atoms with Gasteiger partial charge >= 0.3 is 5.97 Å². The third-order valence-corrected chi connectivity index (χ3v) is 6.64. The van der Waals surface area contributed by atoms with Gasteiger partial charge in [0.15, 0.2) is 15.1 Å². The maximum Gasteiger partial charge on any atom is 0.325 e. The number of carbonyl (C=O) groups is 1. The van der Waals surface area contributed by atoms with Gasteiger partial charge in [-0.2, -0.15) is 0 Å². The van der Waals surface area contributed by atoms with Crippen molar-refractivity contribution in [2.45, 2.75) is 16.6 Å². The first-order valence-corrected chi connectivity index (χ1v) is 10.1. The minimum absolute atomic E-state index is 0.0299. The Balaban J connectivity index is 1.37. The molecule has 0 spiro atoms. The van der Waals surface area contributed by atoms with E-state index >= 15 is 0 Å². The molecule has 2 heterocycles. The average Bonchev–Trinajstić information content (AvgIpc) is 2.96. The highest BCUT2D eigenvalue weighted by Gasteiger charge is 2.42. The highest BCUT2D eigenvalue weighted by molar-refractivity contribution is 7.93. The zero-order chi connectivity index (χ0) is 18.9. The molecular weight excluding hydrogens is 366 g/mol. The van der Waals surface area contributed by atoms with Gasteiger partial charge in [0, 0.05) is 18.0 Å². The average molecular weight is 383 g/mol. The Bertz CT molecular complexity index is 1100. The van der Waals surface area contributed by atoms with Crippen molar-refractivity contribution in [2.75, 3.05) is 13.2 Å². The molecular formula is C20H17NO5S. The molecule has 1 atom stereocenters. The Morgan fingerprint density at radius 3 is 2.67 bits per heavy atom. The van der Waals surface area contributed by atoms with Crippen LogP contribution >= 0.6 is 0 Å². The van der Waals surface area contributed by atoms with Crippen LogP contribution < -0.4 is 4.74 Å². The van der Waals surface area contributed by atoms with E-state index in [-0.39, 0.29) is 24.5 Å². The summed E-state index contributed by atoms with van der Waals surface area (Å²) in [5.41, 5.74) is 1.46. The first-order chi connectivity index (χ1) is 13.1. The molecule has 0 saturated carbocycles. The van der Waals surface area contributed by atoms with Gasteiger partial charge in [-0.15, -0.1) is 0 Å². The second-order valence-corrected chi connectivity index (χ2v) is 8.29. The van der Waals surface area contributed by atoms with Crippen LogP contribution in [-0.4, -0.2) is 37.8 Å². The smallest absolute Gasteiger partial charge is 0.325 e. The molecule has 0 bridgehead atoms. The van der Waals surface area contributed by atoms with Gasteiger partial charge in [-0.1, -0.05) is 30.3 Å². The van der Waals surface area contributed by atoms with E-state index in [9.17, 15) is 13.2 Å². The van der Waals surface area contributed by atoms with Gasteiger partial charge in [0.1, 0.15) is 19.0 Å². The molecule has 138 valence electrons. The maximum absolute atomic E-state index is 12.5. The zero-order valence-corrected chi connectivity index (χ0v) is 15.2. The van der Waals surface area contributed by atoms with E-state index in [1.54, 1.807) is 30.5 Å². The molecule has 0 saturated heterocycles. The van der Waals surface area contributed by atoms with Crippen LogP contribution in [0.5, 0.6) is 5.75 Å². The highest BCUT2D eigenvalue weighted by Crippen LogP contribution is 2.31. The van der Waals surface area contributed by atoms with Crippen LogP contribution in [-0.2, 0) is 25.8 Å². The lowest BCUT2D eigenvalue weighted by Gasteiger charge is -2.12. The lowest BCUT2D eigenvalue weighted by molar-refractivity contribution is -0.143. The number of rotatable bonds is 5. The molecule has 7 heteroatoms. The standard InChI is InChI=1S/C20H17NO5S/c22-20(19-13-14-5-1-4-8-18(14)27(19,23)24)26-12-11-25-17-9-10-21-16-7-3-2-6-15(16)17/h1-10,19H,11-13H2. The fourth-order valence-electron chi connectivity index (χ4n) is 3.21. The van der Waals surface area contributed by atoms with Gasteiger partial charge in [-0.25, -0.2) is 8.42 Å². The predicted octanol–water partition coefficient (Wildman–Crippen LogP) is 2.56. The fraction of sp³-hybridized carbons (Fsp3) is 0.200. The minimum atomic E-state index is -3.69. The van der Waals surface area contributed by atoms with Gasteiger partial charge in [0.25, 0.3) is 0 Å². The summed E-state index contributed by atoms with van der Waals surface area (Å²) in [5.74, 6) is -0.105. The Morgan fingerprint density at radius 2 is 1.81 bits per heavy atom. The number of esters is 1. The van der Waals surface area contributed by atoms with Crippen LogP contribution in [0.2, 0.25) is 0 Å². The number of carbonyl (C=O) groups excluding carboxylic acids is 1. The fourth-order valence-corrected chi connectivity index (χ4v) is 5.02. The molecule has 6 nitrogen and oxygen atoms in total. The number of fused-ring (bicyclic) bond motifs is 2. The lowest BCUT2D eigenvalue weighted by atomic mass is 10.1. The summed E-state index contributed by atoms with van der Waals surface area (Å²) in [4.78, 5) is 16.8. The Hall–Kier alpha value is -2.93. The van der Waals surface area contributed by atoms with E-state index in [1.165, 1.54) is 6.07 Å². The second kappa shape index (κ2) is 7.00. The van der Waals surface area contributed by atoms with Crippen molar-refractivity contribution in [3.63, 3.8) is 0 Å². The van der Waals surface area contributed by atoms with Gasteiger partial charge in [-0.3, -0.25) is 9.78 Å². The molecule has 0 N–H and O–H groups in total. The SMILES string of the molecule is O=C(OCCOc1ccnc2ccccc12)C1Cc2ccccc2S1(=O)=O. The Labute approximate surface area is 156 Å². The Kier molecular flexibility index (Phi) is 4.53. The summed E-state index contributed by atoms with van der Waals surface area (Å²) in [6.45, 7) is 0.0946. The third kappa shape index (κ3) is 3.26. The summed E-state index contributed by atoms with van der Waals surface area (Å²) >= 11 is 0. The largest absolute Gasteiger partial charge is 0.489 e. The van der Waals surface area contributed by atoms with Crippen molar-refractivity contribution in [1.82, 2.24) is 4.98 Å². The zero-order valence-electron chi connectivity index (χ0n) is 14.4. The molecule has 1 aliphatic heterocycles. The maximum atomic E-state index is 12.5. The van der Waals surface area contributed by atoms with E-state index in [0.717, 1.165) is 10.9 Å². The molecule has 0 amide bonds. The van der Waals surface area contributed by atoms with Crippen LogP contribution in [0.3, 0.4) is 0 Å². The van der Waals surface area contributed by atoms with Crippen molar-refractivity contribution < 1.29 is 22.7 Å². The number of ether oxygens (including phenoxy) is 2. The van der Waals surface area contributed by atoms with Crippen molar-refractivity contribution in [1.29, 1.82) is 0 Å². The van der Waals surface area contributed by atoms with E-state index in [0.29, 0.717) is 11.3 Å². The number of nitrogens with zero attached hydrogens (tertiary/aromatic N) is 1. The number of para-hydroxylation sites is 1. The molecule has 2 aromatic carbocycles. The highest BCUT2D eigenvalue weighted by atomic mass is 32.2. The summed E-state index contributed by atoms with van der Waals surface area (Å²) in [7, 11) is -3.69. The first kappa shape index (κ1) is 17.5. The normalized spacial score (nSPS) is 17.4. The molecule has 3 aromatic rings. The molecule has 4 rings (SSSR count). The van der Waals surface area contributed by atoms with Crippen LogP contribution in [0, 0.1) is 0 Å². The summed E-state index contributed by atoms with van der Waals surface area (Å²) in [6.07, 6.45) is 1.79. The molecule has 1 unspecified atom stereocenters. The van der Waals surface area contributed by atoms with E-state index in [2.05, 4.69) is 4.98 Å². The van der Waals surface area contributed by atoms with Gasteiger partial charge in [0.05, 0.1) is 10.4 Å². The number of hydrogen-bond acceptors (Lipinski definition) is 6. The van der Waals surface area contributed by atoms with Gasteiger partial charge in [-0.05, 0) is 29.8 Å². The lowest BCUT2D eigenvalue weighted by Crippen LogP contribution is -2.30. The first-order valence-electron chi connectivity index (χ1n) is 8.52. The van der Waals surface area contributed by atoms with E-state index in [4.69, 9.17) is 9.47 Å². The Morgan fingerprint density at radius 1 is 1.04 bits per heavy atom. The van der Waals surface area contributed by atoms with Crippen LogP contribution in [0.1, 0.15) is 5.56 Å². The number of pyridine rings is 1. The summed E-state index contributed by atoms with van der Waals surface area (Å²) in [5, 5.41) is -0.322. The van der Waals surface area contributed by atoms with Crippen molar-refractivity contribution in [3.8, 4) is 5.75 Å².